The van der Waals surface area contributed by atoms with Crippen molar-refractivity contribution in [2.45, 2.75) is 31.7 Å². The maximum atomic E-state index is 12.9. The van der Waals surface area contributed by atoms with Crippen molar-refractivity contribution >= 4 is 53.3 Å². The molecule has 0 bridgehead atoms. The van der Waals surface area contributed by atoms with E-state index in [0.717, 1.165) is 47.4 Å². The third-order valence-electron chi connectivity index (χ3n) is 3.71. The number of hydrogen-bond donors (Lipinski definition) is 3. The van der Waals surface area contributed by atoms with Gasteiger partial charge in [-0.05, 0) is 61.1 Å². The third-order valence-corrected chi connectivity index (χ3v) is 4.81. The number of aliphatic imine (C=N–C) groups is 1. The fourth-order valence-corrected chi connectivity index (χ4v) is 3.32. The van der Waals surface area contributed by atoms with Crippen LogP contribution in [-0.2, 0) is 11.3 Å². The van der Waals surface area contributed by atoms with Gasteiger partial charge < -0.3 is 16.0 Å². The summed E-state index contributed by atoms with van der Waals surface area (Å²) in [6.45, 7) is 5.62. The molecule has 29 heavy (non-hydrogen) atoms. The highest BCUT2D eigenvalue weighted by molar-refractivity contribution is 14.0. The molecule has 2 aromatic carbocycles. The van der Waals surface area contributed by atoms with Crippen molar-refractivity contribution in [2.24, 2.45) is 4.99 Å². The van der Waals surface area contributed by atoms with Gasteiger partial charge in [-0.15, -0.1) is 35.7 Å². The molecule has 0 unspecified atom stereocenters. The summed E-state index contributed by atoms with van der Waals surface area (Å²) in [5, 5.41) is 9.35. The zero-order valence-corrected chi connectivity index (χ0v) is 19.9. The van der Waals surface area contributed by atoms with E-state index in [0.29, 0.717) is 6.54 Å². The van der Waals surface area contributed by atoms with Gasteiger partial charge in [0.25, 0.3) is 0 Å². The Labute approximate surface area is 193 Å². The second-order valence-electron chi connectivity index (χ2n) is 6.16. The fourth-order valence-electron chi connectivity index (χ4n) is 2.46. The molecule has 158 valence electrons. The quantitative estimate of drug-likeness (QED) is 0.145. The number of carbonyl (C=O) groups is 1. The SMILES string of the molecule is CCNC(=NCc1cccc(NC(C)=O)c1)NCCCSc1ccc(F)cc1.I. The zero-order chi connectivity index (χ0) is 20.2. The maximum absolute atomic E-state index is 12.9. The van der Waals surface area contributed by atoms with E-state index in [4.69, 9.17) is 0 Å². The molecule has 2 aromatic rings. The number of anilines is 1. The molecule has 3 N–H and O–H groups in total. The van der Waals surface area contributed by atoms with E-state index in [1.54, 1.807) is 23.9 Å². The van der Waals surface area contributed by atoms with Gasteiger partial charge in [0.2, 0.25) is 5.91 Å². The van der Waals surface area contributed by atoms with Crippen molar-refractivity contribution in [1.29, 1.82) is 0 Å². The highest BCUT2D eigenvalue weighted by atomic mass is 127. The van der Waals surface area contributed by atoms with Crippen molar-refractivity contribution in [2.75, 3.05) is 24.2 Å². The number of carbonyl (C=O) groups excluding carboxylic acids is 1. The molecule has 1 amide bonds. The molecular formula is C21H28FIN4OS. The predicted octanol–water partition coefficient (Wildman–Crippen LogP) is 4.64. The molecule has 0 spiro atoms. The Morgan fingerprint density at radius 2 is 1.90 bits per heavy atom. The summed E-state index contributed by atoms with van der Waals surface area (Å²) in [6, 6.07) is 14.2. The Morgan fingerprint density at radius 3 is 2.59 bits per heavy atom. The second-order valence-corrected chi connectivity index (χ2v) is 7.33. The van der Waals surface area contributed by atoms with E-state index in [-0.39, 0.29) is 35.7 Å². The Balaban J connectivity index is 0.00000420. The van der Waals surface area contributed by atoms with E-state index < -0.39 is 0 Å². The number of nitrogens with one attached hydrogen (secondary N) is 3. The van der Waals surface area contributed by atoms with Crippen LogP contribution in [0.25, 0.3) is 0 Å². The molecule has 8 heteroatoms. The van der Waals surface area contributed by atoms with Crippen LogP contribution in [0.4, 0.5) is 10.1 Å². The maximum Gasteiger partial charge on any atom is 0.221 e. The molecule has 2 rings (SSSR count). The molecule has 0 aromatic heterocycles. The van der Waals surface area contributed by atoms with Gasteiger partial charge in [0.05, 0.1) is 6.54 Å². The fraction of sp³-hybridized carbons (Fsp3) is 0.333. The van der Waals surface area contributed by atoms with Crippen LogP contribution < -0.4 is 16.0 Å². The molecule has 0 fully saturated rings. The molecule has 0 saturated heterocycles. The summed E-state index contributed by atoms with van der Waals surface area (Å²) < 4.78 is 12.9. The monoisotopic (exact) mass is 530 g/mol. The molecule has 0 aliphatic rings. The minimum atomic E-state index is -0.208. The largest absolute Gasteiger partial charge is 0.357 e. The van der Waals surface area contributed by atoms with Crippen molar-refractivity contribution in [1.82, 2.24) is 10.6 Å². The Kier molecular flexibility index (Phi) is 12.4. The molecule has 0 aliphatic heterocycles. The van der Waals surface area contributed by atoms with Gasteiger partial charge in [0, 0.05) is 30.6 Å². The standard InChI is InChI=1S/C21H27FN4OS.HI/c1-3-23-21(24-12-5-13-28-20-10-8-18(22)9-11-20)25-15-17-6-4-7-19(14-17)26-16(2)27;/h4,6-11,14H,3,5,12-13,15H2,1-2H3,(H,26,27)(H2,23,24,25);1H. The lowest BCUT2D eigenvalue weighted by molar-refractivity contribution is -0.114. The lowest BCUT2D eigenvalue weighted by atomic mass is 10.2. The van der Waals surface area contributed by atoms with Crippen molar-refractivity contribution in [3.8, 4) is 0 Å². The van der Waals surface area contributed by atoms with Gasteiger partial charge in [-0.1, -0.05) is 12.1 Å². The summed E-state index contributed by atoms with van der Waals surface area (Å²) in [6.07, 6.45) is 0.963. The van der Waals surface area contributed by atoms with Crippen LogP contribution in [0, 0.1) is 5.82 Å². The van der Waals surface area contributed by atoms with E-state index >= 15 is 0 Å². The van der Waals surface area contributed by atoms with Gasteiger partial charge in [0.15, 0.2) is 5.96 Å². The van der Waals surface area contributed by atoms with Crippen molar-refractivity contribution in [3.05, 3.63) is 59.9 Å². The average molecular weight is 530 g/mol. The van der Waals surface area contributed by atoms with Gasteiger partial charge in [-0.25, -0.2) is 9.38 Å². The van der Waals surface area contributed by atoms with Crippen molar-refractivity contribution in [3.63, 3.8) is 0 Å². The Bertz CT molecular complexity index is 787. The highest BCUT2D eigenvalue weighted by Gasteiger charge is 2.01. The Hall–Kier alpha value is -1.81. The predicted molar refractivity (Wildman–Crippen MR) is 131 cm³/mol. The first-order valence-corrected chi connectivity index (χ1v) is 10.3. The van der Waals surface area contributed by atoms with Gasteiger partial charge >= 0.3 is 0 Å². The normalized spacial score (nSPS) is 10.8. The number of benzene rings is 2. The van der Waals surface area contributed by atoms with Crippen LogP contribution in [0.3, 0.4) is 0 Å². The van der Waals surface area contributed by atoms with Crippen LogP contribution in [-0.4, -0.2) is 30.7 Å². The van der Waals surface area contributed by atoms with Gasteiger partial charge in [0.1, 0.15) is 5.82 Å². The third kappa shape index (κ3) is 10.5. The second kappa shape index (κ2) is 14.2. The lowest BCUT2D eigenvalue weighted by Crippen LogP contribution is -2.37. The minimum absolute atomic E-state index is 0. The summed E-state index contributed by atoms with van der Waals surface area (Å²) >= 11 is 1.71. The number of thioether (sulfide) groups is 1. The van der Waals surface area contributed by atoms with E-state index in [9.17, 15) is 9.18 Å². The van der Waals surface area contributed by atoms with E-state index in [1.165, 1.54) is 19.1 Å². The Morgan fingerprint density at radius 1 is 1.14 bits per heavy atom. The van der Waals surface area contributed by atoms with Gasteiger partial charge in [-0.2, -0.15) is 0 Å². The molecule has 0 aliphatic carbocycles. The lowest BCUT2D eigenvalue weighted by Gasteiger charge is -2.11. The van der Waals surface area contributed by atoms with Crippen LogP contribution in [0.15, 0.2) is 58.4 Å². The first-order chi connectivity index (χ1) is 13.6. The number of halogens is 2. The first kappa shape index (κ1) is 25.2. The van der Waals surface area contributed by atoms with E-state index in [1.807, 2.05) is 31.2 Å². The molecule has 0 heterocycles. The molecule has 5 nitrogen and oxygen atoms in total. The topological polar surface area (TPSA) is 65.5 Å². The van der Waals surface area contributed by atoms with Crippen molar-refractivity contribution < 1.29 is 9.18 Å². The van der Waals surface area contributed by atoms with Crippen LogP contribution in [0.2, 0.25) is 0 Å². The molecular weight excluding hydrogens is 502 g/mol. The first-order valence-electron chi connectivity index (χ1n) is 9.34. The number of amides is 1. The van der Waals surface area contributed by atoms with Crippen LogP contribution >= 0.6 is 35.7 Å². The number of rotatable bonds is 9. The molecule has 0 saturated carbocycles. The summed E-state index contributed by atoms with van der Waals surface area (Å²) in [7, 11) is 0. The molecule has 0 radical (unpaired) electrons. The number of guanidine groups is 1. The van der Waals surface area contributed by atoms with E-state index in [2.05, 4.69) is 20.9 Å². The van der Waals surface area contributed by atoms with Gasteiger partial charge in [-0.3, -0.25) is 4.79 Å². The highest BCUT2D eigenvalue weighted by Crippen LogP contribution is 2.18. The average Bonchev–Trinajstić information content (AvgIpc) is 2.67. The smallest absolute Gasteiger partial charge is 0.221 e. The summed E-state index contributed by atoms with van der Waals surface area (Å²) in [4.78, 5) is 16.8. The summed E-state index contributed by atoms with van der Waals surface area (Å²) in [5.41, 5.74) is 1.80. The number of nitrogens with zero attached hydrogens (tertiary/aromatic N) is 1. The molecule has 0 atom stereocenters. The zero-order valence-electron chi connectivity index (χ0n) is 16.7. The van der Waals surface area contributed by atoms with Crippen LogP contribution in [0.5, 0.6) is 0 Å². The number of hydrogen-bond acceptors (Lipinski definition) is 3. The van der Waals surface area contributed by atoms with Crippen LogP contribution in [0.1, 0.15) is 25.8 Å². The summed E-state index contributed by atoms with van der Waals surface area (Å²) in [5.74, 6) is 1.41. The minimum Gasteiger partial charge on any atom is -0.357 e.